The maximum absolute atomic E-state index is 6.31. The summed E-state index contributed by atoms with van der Waals surface area (Å²) in [5.41, 5.74) is 8.96. The van der Waals surface area contributed by atoms with E-state index in [0.717, 1.165) is 38.5 Å². The first-order chi connectivity index (χ1) is 13.7. The van der Waals surface area contributed by atoms with Crippen molar-refractivity contribution in [3.8, 4) is 5.75 Å². The second kappa shape index (κ2) is 9.07. The second-order valence-electron chi connectivity index (χ2n) is 7.40. The van der Waals surface area contributed by atoms with Gasteiger partial charge in [-0.25, -0.2) is 0 Å². The lowest BCUT2D eigenvalue weighted by molar-refractivity contribution is 0.253. The molecule has 2 aliphatic rings. The third-order valence-electron chi connectivity index (χ3n) is 5.66. The lowest BCUT2D eigenvalue weighted by atomic mass is 10.2. The molecule has 5 nitrogen and oxygen atoms in total. The monoisotopic (exact) mass is 398 g/mol. The van der Waals surface area contributed by atoms with Crippen molar-refractivity contribution in [2.45, 2.75) is 23.2 Å². The van der Waals surface area contributed by atoms with E-state index in [9.17, 15) is 0 Å². The van der Waals surface area contributed by atoms with Crippen LogP contribution in [0.15, 0.2) is 53.4 Å². The molecule has 1 saturated heterocycles. The fraction of sp³-hybridized carbons (Fsp3) is 0.455. The second-order valence-corrected chi connectivity index (χ2v) is 8.56. The third kappa shape index (κ3) is 4.40. The van der Waals surface area contributed by atoms with E-state index in [-0.39, 0.29) is 5.50 Å². The van der Waals surface area contributed by atoms with E-state index in [1.165, 1.54) is 35.7 Å². The van der Waals surface area contributed by atoms with Gasteiger partial charge in [-0.1, -0.05) is 23.9 Å². The molecule has 150 valence electrons. The molecule has 0 aliphatic carbocycles. The zero-order valence-corrected chi connectivity index (χ0v) is 17.4. The van der Waals surface area contributed by atoms with Gasteiger partial charge in [0.05, 0.1) is 12.8 Å². The Morgan fingerprint density at radius 3 is 2.43 bits per heavy atom. The van der Waals surface area contributed by atoms with Gasteiger partial charge in [0.1, 0.15) is 11.2 Å². The number of hydrogen-bond donors (Lipinski definition) is 1. The summed E-state index contributed by atoms with van der Waals surface area (Å²) in [5.74, 6) is 0.918. The van der Waals surface area contributed by atoms with Crippen LogP contribution in [0.3, 0.4) is 0 Å². The minimum absolute atomic E-state index is 0.0606. The van der Waals surface area contributed by atoms with E-state index in [1.807, 2.05) is 12.1 Å². The van der Waals surface area contributed by atoms with Crippen LogP contribution >= 0.6 is 11.8 Å². The number of hydrogen-bond acceptors (Lipinski definition) is 6. The van der Waals surface area contributed by atoms with Gasteiger partial charge in [0.2, 0.25) is 0 Å². The highest BCUT2D eigenvalue weighted by Crippen LogP contribution is 2.40. The molecule has 28 heavy (non-hydrogen) atoms. The minimum Gasteiger partial charge on any atom is -0.497 e. The van der Waals surface area contributed by atoms with Crippen LogP contribution in [0.5, 0.6) is 5.75 Å². The molecule has 6 heteroatoms. The zero-order chi connectivity index (χ0) is 19.3. The van der Waals surface area contributed by atoms with Gasteiger partial charge in [0.25, 0.3) is 0 Å². The number of ether oxygens (including phenoxy) is 1. The lowest BCUT2D eigenvalue weighted by Gasteiger charge is -2.36. The minimum atomic E-state index is 0.0606. The Morgan fingerprint density at radius 1 is 0.964 bits per heavy atom. The number of thioether (sulfide) groups is 1. The Balaban J connectivity index is 1.18. The lowest BCUT2D eigenvalue weighted by Crippen LogP contribution is -2.46. The van der Waals surface area contributed by atoms with Crippen LogP contribution in [-0.4, -0.2) is 56.8 Å². The van der Waals surface area contributed by atoms with E-state index < -0.39 is 0 Å². The summed E-state index contributed by atoms with van der Waals surface area (Å²) in [6.07, 6.45) is 2.40. The quantitative estimate of drug-likeness (QED) is 0.721. The number of fused-ring (bicyclic) bond motifs is 1. The van der Waals surface area contributed by atoms with Gasteiger partial charge >= 0.3 is 0 Å². The Bertz CT molecular complexity index is 761. The summed E-state index contributed by atoms with van der Waals surface area (Å²) >= 11 is 1.77. The summed E-state index contributed by atoms with van der Waals surface area (Å²) in [5, 5.41) is 0. The van der Waals surface area contributed by atoms with Crippen LogP contribution in [0.25, 0.3) is 0 Å². The number of piperazine rings is 1. The number of nitrogens with zero attached hydrogens (tertiary/aromatic N) is 3. The predicted octanol–water partition coefficient (Wildman–Crippen LogP) is 3.45. The van der Waals surface area contributed by atoms with Crippen LogP contribution in [-0.2, 0) is 0 Å². The average Bonchev–Trinajstić information content (AvgIpc) is 3.07. The highest BCUT2D eigenvalue weighted by Gasteiger charge is 2.26. The summed E-state index contributed by atoms with van der Waals surface area (Å²) in [4.78, 5) is 8.71. The van der Waals surface area contributed by atoms with Gasteiger partial charge in [-0.2, -0.15) is 0 Å². The van der Waals surface area contributed by atoms with E-state index in [4.69, 9.17) is 10.5 Å². The summed E-state index contributed by atoms with van der Waals surface area (Å²) in [6.45, 7) is 6.66. The van der Waals surface area contributed by atoms with Crippen LogP contribution in [0.4, 0.5) is 11.4 Å². The van der Waals surface area contributed by atoms with Crippen molar-refractivity contribution in [2.24, 2.45) is 5.73 Å². The van der Waals surface area contributed by atoms with E-state index in [2.05, 4.69) is 51.1 Å². The number of nitrogens with two attached hydrogens (primary N) is 1. The van der Waals surface area contributed by atoms with Crippen LogP contribution in [0, 0.1) is 0 Å². The van der Waals surface area contributed by atoms with Crippen molar-refractivity contribution in [3.05, 3.63) is 48.5 Å². The van der Waals surface area contributed by atoms with Crippen LogP contribution < -0.4 is 20.3 Å². The molecule has 1 unspecified atom stereocenters. The maximum Gasteiger partial charge on any atom is 0.130 e. The number of unbranched alkanes of at least 4 members (excludes halogenated alkanes) is 1. The van der Waals surface area contributed by atoms with Gasteiger partial charge in [0.15, 0.2) is 0 Å². The van der Waals surface area contributed by atoms with Gasteiger partial charge < -0.3 is 20.3 Å². The zero-order valence-electron chi connectivity index (χ0n) is 16.6. The molecule has 0 amide bonds. The van der Waals surface area contributed by atoms with Crippen molar-refractivity contribution >= 4 is 23.1 Å². The van der Waals surface area contributed by atoms with E-state index >= 15 is 0 Å². The summed E-state index contributed by atoms with van der Waals surface area (Å²) in [7, 11) is 1.71. The molecule has 2 N–H and O–H groups in total. The molecule has 2 heterocycles. The van der Waals surface area contributed by atoms with Crippen LogP contribution in [0.2, 0.25) is 0 Å². The topological polar surface area (TPSA) is 45.0 Å². The molecular formula is C22H30N4OS. The highest BCUT2D eigenvalue weighted by atomic mass is 32.2. The van der Waals surface area contributed by atoms with Crippen molar-refractivity contribution < 1.29 is 4.74 Å². The third-order valence-corrected chi connectivity index (χ3v) is 6.76. The van der Waals surface area contributed by atoms with Gasteiger partial charge in [-0.05, 0) is 55.8 Å². The molecule has 0 saturated carbocycles. The number of anilines is 2. The average molecular weight is 399 g/mol. The molecule has 2 aromatic rings. The number of methoxy groups -OCH3 is 1. The molecular weight excluding hydrogens is 368 g/mol. The Hall–Kier alpha value is -1.89. The van der Waals surface area contributed by atoms with Crippen LogP contribution in [0.1, 0.15) is 12.8 Å². The molecule has 0 aromatic heterocycles. The standard InChI is InChI=1S/C22H30N4OS/c1-27-19-10-8-18(9-11-19)25-16-14-24(15-17-25)12-4-5-13-26-20-6-2-3-7-21(20)28-22(26)23/h2-3,6-11,22H,4-5,12-17,23H2,1H3. The fourth-order valence-electron chi connectivity index (χ4n) is 4.01. The number of benzene rings is 2. The van der Waals surface area contributed by atoms with Crippen molar-refractivity contribution in [3.63, 3.8) is 0 Å². The Kier molecular flexibility index (Phi) is 6.29. The first-order valence-corrected chi connectivity index (χ1v) is 11.0. The van der Waals surface area contributed by atoms with E-state index in [0.29, 0.717) is 0 Å². The van der Waals surface area contributed by atoms with Crippen molar-refractivity contribution in [1.82, 2.24) is 4.90 Å². The molecule has 4 rings (SSSR count). The molecule has 2 aromatic carbocycles. The number of para-hydroxylation sites is 1. The molecule has 1 fully saturated rings. The molecule has 0 bridgehead atoms. The molecule has 0 spiro atoms. The Labute approximate surface area is 172 Å². The molecule has 0 radical (unpaired) electrons. The van der Waals surface area contributed by atoms with Gasteiger partial charge in [-0.3, -0.25) is 4.90 Å². The summed E-state index contributed by atoms with van der Waals surface area (Å²) < 4.78 is 5.25. The molecule has 2 aliphatic heterocycles. The smallest absolute Gasteiger partial charge is 0.130 e. The Morgan fingerprint density at radius 2 is 1.68 bits per heavy atom. The highest BCUT2D eigenvalue weighted by molar-refractivity contribution is 8.00. The maximum atomic E-state index is 6.31. The first-order valence-electron chi connectivity index (χ1n) is 10.1. The van der Waals surface area contributed by atoms with Gasteiger partial charge in [-0.15, -0.1) is 0 Å². The predicted molar refractivity (Wildman–Crippen MR) is 119 cm³/mol. The first kappa shape index (κ1) is 19.4. The molecule has 1 atom stereocenters. The number of rotatable bonds is 7. The van der Waals surface area contributed by atoms with E-state index in [1.54, 1.807) is 18.9 Å². The van der Waals surface area contributed by atoms with Crippen molar-refractivity contribution in [1.29, 1.82) is 0 Å². The normalized spacial score (nSPS) is 19.7. The van der Waals surface area contributed by atoms with Crippen molar-refractivity contribution in [2.75, 3.05) is 56.2 Å². The largest absolute Gasteiger partial charge is 0.497 e. The SMILES string of the molecule is COc1ccc(N2CCN(CCCCN3c4ccccc4SC3N)CC2)cc1. The van der Waals surface area contributed by atoms with Gasteiger partial charge in [0, 0.05) is 43.3 Å². The summed E-state index contributed by atoms with van der Waals surface area (Å²) in [6, 6.07) is 17.0. The fourth-order valence-corrected chi connectivity index (χ4v) is 5.08.